The van der Waals surface area contributed by atoms with Gasteiger partial charge < -0.3 is 10.6 Å². The smallest absolute Gasteiger partial charge is 0.270 e. The molecule has 0 aliphatic rings. The number of rotatable bonds is 6. The van der Waals surface area contributed by atoms with Crippen LogP contribution in [0.15, 0.2) is 54.9 Å². The molecule has 0 atom stereocenters. The fourth-order valence-electron chi connectivity index (χ4n) is 2.47. The summed E-state index contributed by atoms with van der Waals surface area (Å²) in [6, 6.07) is 13.5. The monoisotopic (exact) mass is 347 g/mol. The molecule has 2 heterocycles. The number of carbonyl (C=O) groups excluding carboxylic acids is 1. The maximum absolute atomic E-state index is 12.4. The van der Waals surface area contributed by atoms with E-state index in [1.165, 1.54) is 5.56 Å². The van der Waals surface area contributed by atoms with Crippen molar-refractivity contribution in [2.24, 2.45) is 0 Å². The summed E-state index contributed by atoms with van der Waals surface area (Å²) in [5.41, 5.74) is 4.12. The van der Waals surface area contributed by atoms with Crippen molar-refractivity contribution in [1.29, 1.82) is 0 Å². The molecule has 0 radical (unpaired) electrons. The van der Waals surface area contributed by atoms with E-state index in [4.69, 9.17) is 0 Å². The molecular weight excluding hydrogens is 326 g/mol. The molecule has 2 aromatic heterocycles. The van der Waals surface area contributed by atoms with E-state index in [0.717, 1.165) is 23.4 Å². The predicted octanol–water partition coefficient (Wildman–Crippen LogP) is 3.42. The van der Waals surface area contributed by atoms with Crippen molar-refractivity contribution in [1.82, 2.24) is 20.3 Å². The van der Waals surface area contributed by atoms with Crippen molar-refractivity contribution in [2.45, 2.75) is 26.8 Å². The Kier molecular flexibility index (Phi) is 5.53. The van der Waals surface area contributed by atoms with Gasteiger partial charge in [-0.1, -0.05) is 25.1 Å². The van der Waals surface area contributed by atoms with E-state index in [1.807, 2.05) is 31.2 Å². The van der Waals surface area contributed by atoms with Crippen LogP contribution in [0.4, 0.5) is 11.6 Å². The van der Waals surface area contributed by atoms with Crippen LogP contribution in [0.25, 0.3) is 0 Å². The molecule has 132 valence electrons. The van der Waals surface area contributed by atoms with E-state index in [0.29, 0.717) is 18.2 Å². The van der Waals surface area contributed by atoms with Crippen molar-refractivity contribution in [3.8, 4) is 0 Å². The molecule has 0 saturated heterocycles. The number of benzene rings is 1. The molecule has 1 amide bonds. The van der Waals surface area contributed by atoms with E-state index in [1.54, 1.807) is 18.5 Å². The topological polar surface area (TPSA) is 79.8 Å². The summed E-state index contributed by atoms with van der Waals surface area (Å²) in [5.74, 6) is 0.157. The minimum Gasteiger partial charge on any atom is -0.347 e. The van der Waals surface area contributed by atoms with Gasteiger partial charge in [-0.3, -0.25) is 9.78 Å². The molecular formula is C20H21N5O. The lowest BCUT2D eigenvalue weighted by molar-refractivity contribution is 0.0945. The highest BCUT2D eigenvalue weighted by molar-refractivity contribution is 5.92. The van der Waals surface area contributed by atoms with Crippen LogP contribution in [0.5, 0.6) is 0 Å². The number of hydrogen-bond donors (Lipinski definition) is 2. The van der Waals surface area contributed by atoms with Crippen molar-refractivity contribution >= 4 is 17.5 Å². The van der Waals surface area contributed by atoms with E-state index in [-0.39, 0.29) is 5.91 Å². The van der Waals surface area contributed by atoms with Crippen LogP contribution >= 0.6 is 0 Å². The zero-order chi connectivity index (χ0) is 18.4. The number of hydrogen-bond acceptors (Lipinski definition) is 5. The first-order chi connectivity index (χ1) is 12.6. The summed E-state index contributed by atoms with van der Waals surface area (Å²) in [6.45, 7) is 4.35. The number of pyridine rings is 1. The number of aromatic nitrogens is 3. The highest BCUT2D eigenvalue weighted by Gasteiger charge is 2.11. The van der Waals surface area contributed by atoms with Crippen molar-refractivity contribution in [2.75, 3.05) is 5.32 Å². The van der Waals surface area contributed by atoms with Crippen LogP contribution in [0.2, 0.25) is 0 Å². The molecule has 3 aromatic rings. The fourth-order valence-corrected chi connectivity index (χ4v) is 2.47. The van der Waals surface area contributed by atoms with Gasteiger partial charge >= 0.3 is 0 Å². The van der Waals surface area contributed by atoms with Crippen molar-refractivity contribution in [3.05, 3.63) is 77.4 Å². The molecule has 0 bridgehead atoms. The number of nitrogens with one attached hydrogen (secondary N) is 2. The average Bonchev–Trinajstić information content (AvgIpc) is 2.67. The highest BCUT2D eigenvalue weighted by Crippen LogP contribution is 2.15. The largest absolute Gasteiger partial charge is 0.347 e. The molecule has 6 heteroatoms. The Labute approximate surface area is 152 Å². The first-order valence-corrected chi connectivity index (χ1v) is 8.53. The molecule has 3 rings (SSSR count). The second-order valence-corrected chi connectivity index (χ2v) is 5.94. The van der Waals surface area contributed by atoms with Gasteiger partial charge in [0.1, 0.15) is 5.69 Å². The maximum atomic E-state index is 12.4. The summed E-state index contributed by atoms with van der Waals surface area (Å²) in [5, 5.41) is 6.00. The van der Waals surface area contributed by atoms with Crippen LogP contribution in [0, 0.1) is 6.92 Å². The summed E-state index contributed by atoms with van der Waals surface area (Å²) in [6.07, 6.45) is 4.41. The van der Waals surface area contributed by atoms with Gasteiger partial charge in [0.2, 0.25) is 5.95 Å². The molecule has 0 fully saturated rings. The van der Waals surface area contributed by atoms with Gasteiger partial charge in [0, 0.05) is 30.3 Å². The number of nitrogens with zero attached hydrogens (tertiary/aromatic N) is 3. The first kappa shape index (κ1) is 17.5. The van der Waals surface area contributed by atoms with Gasteiger partial charge in [-0.25, -0.2) is 9.97 Å². The van der Waals surface area contributed by atoms with Gasteiger partial charge in [-0.2, -0.15) is 0 Å². The van der Waals surface area contributed by atoms with Crippen LogP contribution < -0.4 is 10.6 Å². The lowest BCUT2D eigenvalue weighted by Crippen LogP contribution is -2.24. The molecule has 0 aliphatic heterocycles. The predicted molar refractivity (Wildman–Crippen MR) is 101 cm³/mol. The Morgan fingerprint density at radius 3 is 2.58 bits per heavy atom. The molecule has 26 heavy (non-hydrogen) atoms. The summed E-state index contributed by atoms with van der Waals surface area (Å²) in [7, 11) is 0. The average molecular weight is 347 g/mol. The second-order valence-electron chi connectivity index (χ2n) is 5.94. The molecule has 0 aliphatic carbocycles. The van der Waals surface area contributed by atoms with Gasteiger partial charge in [0.05, 0.1) is 0 Å². The Bertz CT molecular complexity index is 878. The summed E-state index contributed by atoms with van der Waals surface area (Å²) < 4.78 is 0. The summed E-state index contributed by atoms with van der Waals surface area (Å²) >= 11 is 0. The SMILES string of the molecule is CCc1ccc(Nc2nc(C)cc(C(=O)NCc3cccnc3)n2)cc1. The Balaban J connectivity index is 1.70. The highest BCUT2D eigenvalue weighted by atomic mass is 16.1. The zero-order valence-electron chi connectivity index (χ0n) is 14.9. The first-order valence-electron chi connectivity index (χ1n) is 8.53. The lowest BCUT2D eigenvalue weighted by Gasteiger charge is -2.09. The Hall–Kier alpha value is -3.28. The quantitative estimate of drug-likeness (QED) is 0.714. The number of amides is 1. The molecule has 6 nitrogen and oxygen atoms in total. The lowest BCUT2D eigenvalue weighted by atomic mass is 10.1. The standard InChI is InChI=1S/C20H21N5O/c1-3-15-6-8-17(9-7-15)24-20-23-14(2)11-18(25-20)19(26)22-13-16-5-4-10-21-12-16/h4-12H,3,13H2,1-2H3,(H,22,26)(H,23,24,25). The van der Waals surface area contributed by atoms with Crippen LogP contribution in [-0.4, -0.2) is 20.9 Å². The van der Waals surface area contributed by atoms with Crippen LogP contribution in [-0.2, 0) is 13.0 Å². The van der Waals surface area contributed by atoms with Crippen LogP contribution in [0.3, 0.4) is 0 Å². The second kappa shape index (κ2) is 8.20. The fraction of sp³-hybridized carbons (Fsp3) is 0.200. The molecule has 1 aromatic carbocycles. The Morgan fingerprint density at radius 2 is 1.88 bits per heavy atom. The van der Waals surface area contributed by atoms with Gasteiger partial charge in [-0.05, 0) is 48.7 Å². The maximum Gasteiger partial charge on any atom is 0.270 e. The number of anilines is 2. The third-order valence-electron chi connectivity index (χ3n) is 3.88. The molecule has 2 N–H and O–H groups in total. The Morgan fingerprint density at radius 1 is 1.08 bits per heavy atom. The minimum atomic E-state index is -0.247. The number of aryl methyl sites for hydroxylation is 2. The van der Waals surface area contributed by atoms with Gasteiger partial charge in [0.25, 0.3) is 5.91 Å². The normalized spacial score (nSPS) is 10.4. The van der Waals surface area contributed by atoms with E-state index in [9.17, 15) is 4.79 Å². The van der Waals surface area contributed by atoms with E-state index < -0.39 is 0 Å². The molecule has 0 saturated carbocycles. The van der Waals surface area contributed by atoms with Crippen LogP contribution in [0.1, 0.15) is 34.2 Å². The minimum absolute atomic E-state index is 0.247. The van der Waals surface area contributed by atoms with E-state index >= 15 is 0 Å². The van der Waals surface area contributed by atoms with Crippen molar-refractivity contribution < 1.29 is 4.79 Å². The van der Waals surface area contributed by atoms with Gasteiger partial charge in [-0.15, -0.1) is 0 Å². The van der Waals surface area contributed by atoms with Crippen molar-refractivity contribution in [3.63, 3.8) is 0 Å². The molecule has 0 unspecified atom stereocenters. The third kappa shape index (κ3) is 4.63. The summed E-state index contributed by atoms with van der Waals surface area (Å²) in [4.78, 5) is 25.1. The molecule has 0 spiro atoms. The van der Waals surface area contributed by atoms with E-state index in [2.05, 4.69) is 44.6 Å². The van der Waals surface area contributed by atoms with Gasteiger partial charge in [0.15, 0.2) is 0 Å². The number of carbonyl (C=O) groups is 1. The third-order valence-corrected chi connectivity index (χ3v) is 3.88. The zero-order valence-corrected chi connectivity index (χ0v) is 14.9.